The largest absolute Gasteiger partial charge is 0.378 e. The zero-order valence-corrected chi connectivity index (χ0v) is 15.8. The van der Waals surface area contributed by atoms with Crippen LogP contribution in [0.2, 0.25) is 0 Å². The normalized spacial score (nSPS) is 14.1. The van der Waals surface area contributed by atoms with E-state index in [4.69, 9.17) is 4.74 Å². The molecule has 0 spiro atoms. The van der Waals surface area contributed by atoms with Gasteiger partial charge in [0, 0.05) is 24.3 Å². The van der Waals surface area contributed by atoms with Crippen molar-refractivity contribution in [2.75, 3.05) is 31.6 Å². The molecular weight excluding hydrogens is 380 g/mol. The number of benzene rings is 1. The molecule has 28 heavy (non-hydrogen) atoms. The van der Waals surface area contributed by atoms with E-state index in [2.05, 4.69) is 20.7 Å². The molecule has 0 unspecified atom stereocenters. The van der Waals surface area contributed by atoms with Crippen molar-refractivity contribution in [1.82, 2.24) is 25.1 Å². The Hall–Kier alpha value is -3.11. The minimum Gasteiger partial charge on any atom is -0.378 e. The minimum absolute atomic E-state index is 0.0332. The lowest BCUT2D eigenvalue weighted by atomic mass is 10.1. The lowest BCUT2D eigenvalue weighted by Crippen LogP contribution is -2.40. The molecule has 1 saturated heterocycles. The number of nitrogens with one attached hydrogen (secondary N) is 1. The van der Waals surface area contributed by atoms with Crippen LogP contribution in [0.25, 0.3) is 10.7 Å². The number of anilines is 1. The second-order valence-electron chi connectivity index (χ2n) is 6.15. The Morgan fingerprint density at radius 1 is 1.14 bits per heavy atom. The van der Waals surface area contributed by atoms with Crippen LogP contribution >= 0.6 is 11.3 Å². The van der Waals surface area contributed by atoms with E-state index in [0.717, 1.165) is 4.88 Å². The molecule has 1 aromatic carbocycles. The van der Waals surface area contributed by atoms with Gasteiger partial charge in [-0.15, -0.1) is 21.5 Å². The maximum atomic E-state index is 12.4. The van der Waals surface area contributed by atoms with Gasteiger partial charge in [0.15, 0.2) is 0 Å². The van der Waals surface area contributed by atoms with Crippen molar-refractivity contribution in [2.45, 2.75) is 6.54 Å². The van der Waals surface area contributed by atoms with Crippen LogP contribution in [0.3, 0.4) is 0 Å². The van der Waals surface area contributed by atoms with Crippen LogP contribution in [0.15, 0.2) is 41.8 Å². The second kappa shape index (κ2) is 8.28. The molecule has 1 aliphatic heterocycles. The summed E-state index contributed by atoms with van der Waals surface area (Å²) in [5.41, 5.74) is 1.18. The standard InChI is InChI=1S/C18H18N6O3S/c25-16(12-24-21-17(20-22-24)15-2-1-11-28-15)19-14-5-3-13(4-6-14)18(26)23-7-9-27-10-8-23/h1-6,11H,7-10,12H2,(H,19,25). The average molecular weight is 398 g/mol. The summed E-state index contributed by atoms with van der Waals surface area (Å²) < 4.78 is 5.26. The molecule has 0 atom stereocenters. The summed E-state index contributed by atoms with van der Waals surface area (Å²) in [5.74, 6) is 0.185. The SMILES string of the molecule is O=C(Cn1nnc(-c2cccs2)n1)Nc1ccc(C(=O)N2CCOCC2)cc1. The van der Waals surface area contributed by atoms with Crippen molar-refractivity contribution in [3.05, 3.63) is 47.3 Å². The third-order valence-corrected chi connectivity index (χ3v) is 5.06. The van der Waals surface area contributed by atoms with E-state index < -0.39 is 0 Å². The van der Waals surface area contributed by atoms with E-state index in [9.17, 15) is 9.59 Å². The number of tetrazole rings is 1. The van der Waals surface area contributed by atoms with E-state index in [0.29, 0.717) is 43.4 Å². The lowest BCUT2D eigenvalue weighted by Gasteiger charge is -2.26. The maximum Gasteiger partial charge on any atom is 0.254 e. The smallest absolute Gasteiger partial charge is 0.254 e. The lowest BCUT2D eigenvalue weighted by molar-refractivity contribution is -0.117. The van der Waals surface area contributed by atoms with Gasteiger partial charge in [0.1, 0.15) is 6.54 Å². The highest BCUT2D eigenvalue weighted by atomic mass is 32.1. The van der Waals surface area contributed by atoms with Gasteiger partial charge >= 0.3 is 0 Å². The molecule has 1 aliphatic rings. The van der Waals surface area contributed by atoms with E-state index in [1.54, 1.807) is 29.2 Å². The van der Waals surface area contributed by atoms with Gasteiger partial charge in [-0.25, -0.2) is 0 Å². The Morgan fingerprint density at radius 2 is 1.93 bits per heavy atom. The van der Waals surface area contributed by atoms with Crippen LogP contribution in [0.5, 0.6) is 0 Å². The summed E-state index contributed by atoms with van der Waals surface area (Å²) in [4.78, 5) is 28.6. The fourth-order valence-corrected chi connectivity index (χ4v) is 3.44. The van der Waals surface area contributed by atoms with Crippen molar-refractivity contribution < 1.29 is 14.3 Å². The van der Waals surface area contributed by atoms with Gasteiger partial charge < -0.3 is 15.0 Å². The van der Waals surface area contributed by atoms with Crippen molar-refractivity contribution in [3.63, 3.8) is 0 Å². The van der Waals surface area contributed by atoms with Crippen molar-refractivity contribution in [2.24, 2.45) is 0 Å². The number of carbonyl (C=O) groups is 2. The molecule has 0 saturated carbocycles. The summed E-state index contributed by atoms with van der Waals surface area (Å²) in [7, 11) is 0. The van der Waals surface area contributed by atoms with Crippen molar-refractivity contribution >= 4 is 28.8 Å². The van der Waals surface area contributed by atoms with Gasteiger partial charge in [0.25, 0.3) is 5.91 Å². The molecule has 4 rings (SSSR count). The Balaban J connectivity index is 1.34. The maximum absolute atomic E-state index is 12.4. The van der Waals surface area contributed by atoms with E-state index >= 15 is 0 Å². The molecular formula is C18H18N6O3S. The Kier molecular flexibility index (Phi) is 5.40. The fourth-order valence-electron chi connectivity index (χ4n) is 2.79. The molecule has 2 amide bonds. The molecule has 0 bridgehead atoms. The average Bonchev–Trinajstić information content (AvgIpc) is 3.40. The summed E-state index contributed by atoms with van der Waals surface area (Å²) >= 11 is 1.51. The van der Waals surface area contributed by atoms with Gasteiger partial charge in [0.05, 0.1) is 18.1 Å². The van der Waals surface area contributed by atoms with Gasteiger partial charge in [-0.1, -0.05) is 6.07 Å². The molecule has 3 aromatic rings. The molecule has 10 heteroatoms. The van der Waals surface area contributed by atoms with Crippen LogP contribution in [0.1, 0.15) is 10.4 Å². The number of amides is 2. The van der Waals surface area contributed by atoms with Gasteiger partial charge in [0.2, 0.25) is 11.7 Å². The monoisotopic (exact) mass is 398 g/mol. The van der Waals surface area contributed by atoms with Crippen LogP contribution in [-0.2, 0) is 16.1 Å². The topological polar surface area (TPSA) is 102 Å². The predicted octanol–water partition coefficient (Wildman–Crippen LogP) is 1.51. The first-order valence-electron chi connectivity index (χ1n) is 8.78. The number of hydrogen-bond donors (Lipinski definition) is 1. The third-order valence-electron chi connectivity index (χ3n) is 4.19. The molecule has 2 aromatic heterocycles. The fraction of sp³-hybridized carbons (Fsp3) is 0.278. The van der Waals surface area contributed by atoms with Crippen molar-refractivity contribution in [3.8, 4) is 10.7 Å². The number of morpholine rings is 1. The van der Waals surface area contributed by atoms with Crippen molar-refractivity contribution in [1.29, 1.82) is 0 Å². The third kappa shape index (κ3) is 4.24. The highest BCUT2D eigenvalue weighted by molar-refractivity contribution is 7.13. The Morgan fingerprint density at radius 3 is 2.64 bits per heavy atom. The summed E-state index contributed by atoms with van der Waals surface area (Å²) in [6, 6.07) is 10.6. The summed E-state index contributed by atoms with van der Waals surface area (Å²) in [6.45, 7) is 2.26. The number of nitrogens with zero attached hydrogens (tertiary/aromatic N) is 5. The highest BCUT2D eigenvalue weighted by Crippen LogP contribution is 2.19. The number of thiophene rings is 1. The summed E-state index contributed by atoms with van der Waals surface area (Å²) in [5, 5.41) is 16.8. The first-order valence-corrected chi connectivity index (χ1v) is 9.65. The molecule has 3 heterocycles. The van der Waals surface area contributed by atoms with Crippen LogP contribution in [0, 0.1) is 0 Å². The molecule has 144 valence electrons. The quantitative estimate of drug-likeness (QED) is 0.699. The number of hydrogen-bond acceptors (Lipinski definition) is 7. The molecule has 9 nitrogen and oxygen atoms in total. The number of aromatic nitrogens is 4. The Bertz CT molecular complexity index is 948. The molecule has 0 radical (unpaired) electrons. The number of ether oxygens (including phenoxy) is 1. The van der Waals surface area contributed by atoms with Crippen LogP contribution < -0.4 is 5.32 Å². The zero-order chi connectivity index (χ0) is 19.3. The van der Waals surface area contributed by atoms with E-state index in [-0.39, 0.29) is 18.4 Å². The van der Waals surface area contributed by atoms with Gasteiger partial charge in [-0.3, -0.25) is 9.59 Å². The van der Waals surface area contributed by atoms with Gasteiger partial charge in [-0.2, -0.15) is 4.80 Å². The predicted molar refractivity (Wildman–Crippen MR) is 103 cm³/mol. The zero-order valence-electron chi connectivity index (χ0n) is 14.9. The number of carbonyl (C=O) groups excluding carboxylic acids is 2. The second-order valence-corrected chi connectivity index (χ2v) is 7.10. The minimum atomic E-state index is -0.276. The Labute approximate surface area is 164 Å². The van der Waals surface area contributed by atoms with E-state index in [1.165, 1.54) is 16.1 Å². The summed E-state index contributed by atoms with van der Waals surface area (Å²) in [6.07, 6.45) is 0. The van der Waals surface area contributed by atoms with Crippen LogP contribution in [0.4, 0.5) is 5.69 Å². The van der Waals surface area contributed by atoms with Gasteiger partial charge in [-0.05, 0) is 40.9 Å². The first-order chi connectivity index (χ1) is 13.7. The molecule has 0 aliphatic carbocycles. The molecule has 1 fully saturated rings. The highest BCUT2D eigenvalue weighted by Gasteiger charge is 2.18. The first kappa shape index (κ1) is 18.3. The molecule has 1 N–H and O–H groups in total. The number of rotatable bonds is 5. The van der Waals surface area contributed by atoms with Crippen LogP contribution in [-0.4, -0.2) is 63.2 Å². The van der Waals surface area contributed by atoms with E-state index in [1.807, 2.05) is 17.5 Å².